The average molecular weight is 535 g/mol. The molecule has 0 aromatic heterocycles. The molecular weight excluding hydrogens is 492 g/mol. The van der Waals surface area contributed by atoms with Gasteiger partial charge in [-0.15, -0.1) is 0 Å². The predicted octanol–water partition coefficient (Wildman–Crippen LogP) is 2.81. The molecule has 1 fully saturated rings. The molecule has 2 aromatic carbocycles. The standard InChI is InChI=1S/C31H42N4O4/c1-7-21(4)27-31(39)35(6)24(18-22-14-10-8-11-15-22)28(36)32-26(20(2)3)30(38)34(5)25(29(37)33-27)19-23-16-12-9-13-17-23/h8-17,20-21,24-27H,7,18-19H2,1-6H3,(H,32,36)(H,33,37)/t21-,24+,25+,26+,27-/m0/s1. The fourth-order valence-electron chi connectivity index (χ4n) is 4.93. The van der Waals surface area contributed by atoms with Crippen LogP contribution in [0.2, 0.25) is 0 Å². The topological polar surface area (TPSA) is 98.8 Å². The summed E-state index contributed by atoms with van der Waals surface area (Å²) < 4.78 is 0. The molecule has 0 unspecified atom stereocenters. The van der Waals surface area contributed by atoms with Crippen molar-refractivity contribution < 1.29 is 19.2 Å². The highest BCUT2D eigenvalue weighted by molar-refractivity contribution is 5.97. The summed E-state index contributed by atoms with van der Waals surface area (Å²) in [6.45, 7) is 7.58. The molecule has 2 aromatic rings. The summed E-state index contributed by atoms with van der Waals surface area (Å²) in [6, 6.07) is 15.5. The summed E-state index contributed by atoms with van der Waals surface area (Å²) in [4.78, 5) is 58.2. The lowest BCUT2D eigenvalue weighted by atomic mass is 9.94. The maximum Gasteiger partial charge on any atom is 0.245 e. The van der Waals surface area contributed by atoms with Crippen molar-refractivity contribution >= 4 is 23.6 Å². The molecule has 1 heterocycles. The number of amides is 4. The van der Waals surface area contributed by atoms with Gasteiger partial charge in [-0.25, -0.2) is 0 Å². The fraction of sp³-hybridized carbons (Fsp3) is 0.484. The maximum atomic E-state index is 13.9. The van der Waals surface area contributed by atoms with Gasteiger partial charge in [0.1, 0.15) is 24.2 Å². The number of nitrogens with zero attached hydrogens (tertiary/aromatic N) is 2. The Morgan fingerprint density at radius 1 is 0.667 bits per heavy atom. The van der Waals surface area contributed by atoms with Crippen molar-refractivity contribution in [3.8, 4) is 0 Å². The van der Waals surface area contributed by atoms with Crippen LogP contribution < -0.4 is 10.6 Å². The van der Waals surface area contributed by atoms with E-state index in [2.05, 4.69) is 10.6 Å². The van der Waals surface area contributed by atoms with Crippen molar-refractivity contribution in [2.45, 2.75) is 71.1 Å². The minimum atomic E-state index is -0.861. The summed E-state index contributed by atoms with van der Waals surface area (Å²) in [5.74, 6) is -1.89. The second kappa shape index (κ2) is 13.4. The fourth-order valence-corrected chi connectivity index (χ4v) is 4.93. The molecule has 210 valence electrons. The number of hydrogen-bond acceptors (Lipinski definition) is 4. The number of carbonyl (C=O) groups is 4. The van der Waals surface area contributed by atoms with Gasteiger partial charge in [0.15, 0.2) is 0 Å². The van der Waals surface area contributed by atoms with E-state index in [0.29, 0.717) is 6.42 Å². The molecule has 8 nitrogen and oxygen atoms in total. The number of hydrogen-bond donors (Lipinski definition) is 2. The summed E-state index contributed by atoms with van der Waals surface area (Å²) in [6.07, 6.45) is 1.21. The van der Waals surface area contributed by atoms with E-state index in [1.54, 1.807) is 14.1 Å². The van der Waals surface area contributed by atoms with Gasteiger partial charge < -0.3 is 20.4 Å². The van der Waals surface area contributed by atoms with Gasteiger partial charge in [0.05, 0.1) is 0 Å². The third-order valence-corrected chi connectivity index (χ3v) is 7.79. The summed E-state index contributed by atoms with van der Waals surface area (Å²) in [7, 11) is 3.19. The van der Waals surface area contributed by atoms with Crippen LogP contribution in [-0.4, -0.2) is 71.7 Å². The highest BCUT2D eigenvalue weighted by Gasteiger charge is 2.41. The molecular formula is C31H42N4O4. The second-order valence-corrected chi connectivity index (χ2v) is 10.9. The monoisotopic (exact) mass is 534 g/mol. The Balaban J connectivity index is 2.08. The van der Waals surface area contributed by atoms with Gasteiger partial charge in [-0.1, -0.05) is 94.8 Å². The minimum absolute atomic E-state index is 0.186. The molecule has 39 heavy (non-hydrogen) atoms. The highest BCUT2D eigenvalue weighted by atomic mass is 16.2. The molecule has 0 radical (unpaired) electrons. The molecule has 1 saturated heterocycles. The SMILES string of the molecule is CC[C@H](C)[C@@H]1NC(=O)[C@@H](Cc2ccccc2)N(C)C(=O)[C@@H](C(C)C)NC(=O)[C@@H](Cc2ccccc2)N(C)C1=O. The summed E-state index contributed by atoms with van der Waals surface area (Å²) in [5.41, 5.74) is 1.78. The zero-order valence-corrected chi connectivity index (χ0v) is 23.9. The van der Waals surface area contributed by atoms with Crippen LogP contribution in [0.25, 0.3) is 0 Å². The van der Waals surface area contributed by atoms with Crippen molar-refractivity contribution in [3.63, 3.8) is 0 Å². The average Bonchev–Trinajstić information content (AvgIpc) is 2.94. The lowest BCUT2D eigenvalue weighted by molar-refractivity contribution is -0.148. The first-order chi connectivity index (χ1) is 18.5. The van der Waals surface area contributed by atoms with Crippen molar-refractivity contribution in [1.82, 2.24) is 20.4 Å². The predicted molar refractivity (Wildman–Crippen MR) is 152 cm³/mol. The smallest absolute Gasteiger partial charge is 0.245 e. The molecule has 1 aliphatic heterocycles. The molecule has 5 atom stereocenters. The van der Waals surface area contributed by atoms with Gasteiger partial charge >= 0.3 is 0 Å². The summed E-state index contributed by atoms with van der Waals surface area (Å²) >= 11 is 0. The Labute approximate surface area is 232 Å². The van der Waals surface area contributed by atoms with Crippen molar-refractivity contribution in [1.29, 1.82) is 0 Å². The quantitative estimate of drug-likeness (QED) is 0.571. The first kappa shape index (κ1) is 29.9. The minimum Gasteiger partial charge on any atom is -0.342 e. The molecule has 0 aliphatic carbocycles. The van der Waals surface area contributed by atoms with E-state index >= 15 is 0 Å². The van der Waals surface area contributed by atoms with Gasteiger partial charge in [-0.05, 0) is 23.0 Å². The van der Waals surface area contributed by atoms with E-state index in [9.17, 15) is 19.2 Å². The van der Waals surface area contributed by atoms with Crippen LogP contribution in [0.15, 0.2) is 60.7 Å². The molecule has 1 aliphatic rings. The largest absolute Gasteiger partial charge is 0.342 e. The van der Waals surface area contributed by atoms with E-state index < -0.39 is 36.0 Å². The molecule has 0 saturated carbocycles. The van der Waals surface area contributed by atoms with Crippen LogP contribution in [0, 0.1) is 11.8 Å². The molecule has 8 heteroatoms. The van der Waals surface area contributed by atoms with Crippen LogP contribution in [0.1, 0.15) is 45.2 Å². The Morgan fingerprint density at radius 2 is 1.05 bits per heavy atom. The number of likely N-dealkylation sites (N-methyl/N-ethyl adjacent to an activating group) is 2. The maximum absolute atomic E-state index is 13.9. The Bertz CT molecular complexity index is 1100. The van der Waals surface area contributed by atoms with E-state index in [0.717, 1.165) is 11.1 Å². The molecule has 4 amide bonds. The Hall–Kier alpha value is -3.68. The first-order valence-electron chi connectivity index (χ1n) is 13.8. The second-order valence-electron chi connectivity index (χ2n) is 10.9. The van der Waals surface area contributed by atoms with Crippen LogP contribution >= 0.6 is 0 Å². The van der Waals surface area contributed by atoms with Gasteiger partial charge in [0.2, 0.25) is 23.6 Å². The van der Waals surface area contributed by atoms with Gasteiger partial charge in [-0.3, -0.25) is 19.2 Å². The normalized spacial score (nSPS) is 24.1. The molecule has 2 N–H and O–H groups in total. The van der Waals surface area contributed by atoms with E-state index in [4.69, 9.17) is 0 Å². The van der Waals surface area contributed by atoms with Crippen LogP contribution in [0.5, 0.6) is 0 Å². The summed E-state index contributed by atoms with van der Waals surface area (Å²) in [5, 5.41) is 5.91. The number of benzene rings is 2. The first-order valence-corrected chi connectivity index (χ1v) is 13.8. The van der Waals surface area contributed by atoms with Crippen LogP contribution in [0.4, 0.5) is 0 Å². The Morgan fingerprint density at radius 3 is 1.44 bits per heavy atom. The zero-order chi connectivity index (χ0) is 28.7. The van der Waals surface area contributed by atoms with Crippen molar-refractivity contribution in [3.05, 3.63) is 71.8 Å². The van der Waals surface area contributed by atoms with E-state index in [1.807, 2.05) is 88.4 Å². The lowest BCUT2D eigenvalue weighted by Crippen LogP contribution is -2.64. The lowest BCUT2D eigenvalue weighted by Gasteiger charge is -2.38. The number of nitrogens with one attached hydrogen (secondary N) is 2. The van der Waals surface area contributed by atoms with Crippen molar-refractivity contribution in [2.75, 3.05) is 14.1 Å². The Kier molecular flexibility index (Phi) is 10.3. The van der Waals surface area contributed by atoms with E-state index in [1.165, 1.54) is 9.80 Å². The third kappa shape index (κ3) is 7.25. The van der Waals surface area contributed by atoms with Crippen LogP contribution in [0.3, 0.4) is 0 Å². The molecule has 0 bridgehead atoms. The molecule has 3 rings (SSSR count). The van der Waals surface area contributed by atoms with Gasteiger partial charge in [-0.2, -0.15) is 0 Å². The van der Waals surface area contributed by atoms with E-state index in [-0.39, 0.29) is 36.5 Å². The molecule has 0 spiro atoms. The highest BCUT2D eigenvalue weighted by Crippen LogP contribution is 2.19. The van der Waals surface area contributed by atoms with Crippen molar-refractivity contribution in [2.24, 2.45) is 11.8 Å². The van der Waals surface area contributed by atoms with Gasteiger partial charge in [0, 0.05) is 26.9 Å². The van der Waals surface area contributed by atoms with Gasteiger partial charge in [0.25, 0.3) is 0 Å². The van der Waals surface area contributed by atoms with Crippen LogP contribution in [-0.2, 0) is 32.0 Å². The third-order valence-electron chi connectivity index (χ3n) is 7.79. The zero-order valence-electron chi connectivity index (χ0n) is 23.9. The number of rotatable bonds is 7. The number of carbonyl (C=O) groups excluding carboxylic acids is 4.